The topological polar surface area (TPSA) is 80.0 Å². The van der Waals surface area contributed by atoms with Crippen molar-refractivity contribution in [1.29, 1.82) is 0 Å². The number of nitrogens with two attached hydrogens (primary N) is 2. The highest BCUT2D eigenvalue weighted by Gasteiger charge is 2.19. The van der Waals surface area contributed by atoms with Crippen molar-refractivity contribution in [2.24, 2.45) is 21.5 Å². The summed E-state index contributed by atoms with van der Waals surface area (Å²) in [5.41, 5.74) is 12.5. The minimum Gasteiger partial charge on any atom is -0.369 e. The second-order valence-electron chi connectivity index (χ2n) is 4.95. The Morgan fingerprint density at radius 3 is 2.52 bits per heavy atom. The number of likely N-dealkylation sites (tertiary alicyclic amines) is 1. The van der Waals surface area contributed by atoms with Gasteiger partial charge in [-0.2, -0.15) is 4.99 Å². The highest BCUT2D eigenvalue weighted by molar-refractivity contribution is 6.30. The third kappa shape index (κ3) is 5.10. The molecule has 0 saturated carbocycles. The van der Waals surface area contributed by atoms with Crippen molar-refractivity contribution in [1.82, 2.24) is 4.90 Å². The molecule has 5 nitrogen and oxygen atoms in total. The fraction of sp³-hybridized carbons (Fsp3) is 0.429. The van der Waals surface area contributed by atoms with E-state index in [2.05, 4.69) is 21.8 Å². The Kier molecular flexibility index (Phi) is 6.78. The summed E-state index contributed by atoms with van der Waals surface area (Å²) in [5.74, 6) is 0.593. The Bertz CT molecular complexity index is 513. The normalized spacial score (nSPS) is 20.1. The van der Waals surface area contributed by atoms with Crippen molar-refractivity contribution in [2.75, 3.05) is 6.54 Å². The molecular weight excluding hydrogens is 309 g/mol. The van der Waals surface area contributed by atoms with Crippen LogP contribution in [0.25, 0.3) is 0 Å². The minimum absolute atomic E-state index is 0. The quantitative estimate of drug-likeness (QED) is 0.614. The van der Waals surface area contributed by atoms with Crippen LogP contribution in [0.4, 0.5) is 5.69 Å². The van der Waals surface area contributed by atoms with Crippen molar-refractivity contribution in [2.45, 2.75) is 32.2 Å². The van der Waals surface area contributed by atoms with Gasteiger partial charge >= 0.3 is 0 Å². The summed E-state index contributed by atoms with van der Waals surface area (Å²) >= 11 is 5.82. The van der Waals surface area contributed by atoms with Crippen LogP contribution < -0.4 is 11.5 Å². The molecule has 0 radical (unpaired) electrons. The molecule has 1 aromatic rings. The molecule has 0 spiro atoms. The number of rotatable bonds is 1. The first kappa shape index (κ1) is 17.6. The lowest BCUT2D eigenvalue weighted by Gasteiger charge is -2.34. The second-order valence-corrected chi connectivity index (χ2v) is 5.39. The molecule has 1 unspecified atom stereocenters. The average Bonchev–Trinajstić information content (AvgIpc) is 2.41. The minimum atomic E-state index is 0. The maximum absolute atomic E-state index is 6.01. The standard InChI is InChI=1S/C14H20ClN5.ClH/c1-10-4-2-3-9-20(10)14(17)19-13(16)18-12-7-5-11(15)6-8-12;/h5-8,10H,2-4,9H2,1H3,(H4,16,17,18,19);1H. The zero-order chi connectivity index (χ0) is 14.5. The fourth-order valence-electron chi connectivity index (χ4n) is 2.29. The summed E-state index contributed by atoms with van der Waals surface area (Å²) in [7, 11) is 0. The maximum Gasteiger partial charge on any atom is 0.223 e. The molecule has 2 rings (SSSR count). The highest BCUT2D eigenvalue weighted by Crippen LogP contribution is 2.17. The Balaban J connectivity index is 0.00000220. The first-order chi connectivity index (χ1) is 9.56. The number of guanidine groups is 2. The predicted molar refractivity (Wildman–Crippen MR) is 91.6 cm³/mol. The number of nitrogens with zero attached hydrogens (tertiary/aromatic N) is 3. The van der Waals surface area contributed by atoms with Crippen LogP contribution in [0.2, 0.25) is 5.02 Å². The molecular formula is C14H21Cl2N5. The molecule has 1 saturated heterocycles. The molecule has 1 aromatic carbocycles. The lowest BCUT2D eigenvalue weighted by Crippen LogP contribution is -2.46. The van der Waals surface area contributed by atoms with Crippen LogP contribution in [0, 0.1) is 0 Å². The summed E-state index contributed by atoms with van der Waals surface area (Å²) in [6, 6.07) is 7.48. The number of aliphatic imine (C=N–C) groups is 2. The van der Waals surface area contributed by atoms with E-state index in [0.717, 1.165) is 19.4 Å². The van der Waals surface area contributed by atoms with Crippen LogP contribution in [-0.4, -0.2) is 29.4 Å². The molecule has 7 heteroatoms. The van der Waals surface area contributed by atoms with Gasteiger partial charge in [0.25, 0.3) is 0 Å². The van der Waals surface area contributed by atoms with Gasteiger partial charge in [0.15, 0.2) is 5.96 Å². The molecule has 1 aliphatic heterocycles. The van der Waals surface area contributed by atoms with Gasteiger partial charge in [0, 0.05) is 17.6 Å². The summed E-state index contributed by atoms with van der Waals surface area (Å²) in [6.45, 7) is 3.07. The van der Waals surface area contributed by atoms with Crippen LogP contribution >= 0.6 is 24.0 Å². The van der Waals surface area contributed by atoms with Gasteiger partial charge in [-0.15, -0.1) is 12.4 Å². The lowest BCUT2D eigenvalue weighted by molar-refractivity contribution is 0.256. The van der Waals surface area contributed by atoms with E-state index < -0.39 is 0 Å². The molecule has 0 bridgehead atoms. The largest absolute Gasteiger partial charge is 0.369 e. The second kappa shape index (κ2) is 8.10. The Hall–Kier alpha value is -1.46. The molecule has 0 aliphatic carbocycles. The maximum atomic E-state index is 6.01. The summed E-state index contributed by atoms with van der Waals surface area (Å²) < 4.78 is 0. The number of hydrogen-bond donors (Lipinski definition) is 2. The molecule has 0 amide bonds. The van der Waals surface area contributed by atoms with Gasteiger partial charge < -0.3 is 16.4 Å². The Morgan fingerprint density at radius 1 is 1.24 bits per heavy atom. The fourth-order valence-corrected chi connectivity index (χ4v) is 2.42. The molecule has 1 heterocycles. The smallest absolute Gasteiger partial charge is 0.223 e. The first-order valence-corrected chi connectivity index (χ1v) is 7.14. The lowest BCUT2D eigenvalue weighted by atomic mass is 10.0. The van der Waals surface area contributed by atoms with Crippen LogP contribution in [0.15, 0.2) is 34.3 Å². The van der Waals surface area contributed by atoms with Crippen molar-refractivity contribution in [3.05, 3.63) is 29.3 Å². The molecule has 4 N–H and O–H groups in total. The monoisotopic (exact) mass is 329 g/mol. The van der Waals surface area contributed by atoms with Gasteiger partial charge in [-0.05, 0) is 50.5 Å². The molecule has 21 heavy (non-hydrogen) atoms. The Labute approximate surface area is 136 Å². The molecule has 1 atom stereocenters. The zero-order valence-corrected chi connectivity index (χ0v) is 13.6. The first-order valence-electron chi connectivity index (χ1n) is 6.77. The molecule has 1 aliphatic rings. The van der Waals surface area contributed by atoms with Gasteiger partial charge in [0.2, 0.25) is 5.96 Å². The molecule has 0 aromatic heterocycles. The van der Waals surface area contributed by atoms with Gasteiger partial charge in [0.1, 0.15) is 0 Å². The van der Waals surface area contributed by atoms with E-state index in [-0.39, 0.29) is 18.4 Å². The van der Waals surface area contributed by atoms with Gasteiger partial charge in [-0.3, -0.25) is 0 Å². The van der Waals surface area contributed by atoms with Crippen LogP contribution in [-0.2, 0) is 0 Å². The van der Waals surface area contributed by atoms with E-state index in [1.807, 2.05) is 0 Å². The summed E-state index contributed by atoms with van der Waals surface area (Å²) in [5, 5.41) is 0.660. The third-order valence-corrected chi connectivity index (χ3v) is 3.65. The van der Waals surface area contributed by atoms with Gasteiger partial charge in [-0.1, -0.05) is 11.6 Å². The van der Waals surface area contributed by atoms with Crippen LogP contribution in [0.1, 0.15) is 26.2 Å². The number of piperidine rings is 1. The van der Waals surface area contributed by atoms with E-state index in [4.69, 9.17) is 23.1 Å². The van der Waals surface area contributed by atoms with E-state index >= 15 is 0 Å². The number of benzene rings is 1. The number of hydrogen-bond acceptors (Lipinski definition) is 1. The van der Waals surface area contributed by atoms with E-state index in [9.17, 15) is 0 Å². The zero-order valence-electron chi connectivity index (χ0n) is 12.0. The third-order valence-electron chi connectivity index (χ3n) is 3.40. The van der Waals surface area contributed by atoms with Crippen LogP contribution in [0.5, 0.6) is 0 Å². The van der Waals surface area contributed by atoms with Gasteiger partial charge in [-0.25, -0.2) is 4.99 Å². The SMILES string of the molecule is CC1CCCCN1C(N)=NC(N)=Nc1ccc(Cl)cc1.Cl. The average molecular weight is 330 g/mol. The van der Waals surface area contributed by atoms with E-state index in [1.54, 1.807) is 24.3 Å². The predicted octanol–water partition coefficient (Wildman–Crippen LogP) is 2.90. The van der Waals surface area contributed by atoms with Crippen molar-refractivity contribution in [3.63, 3.8) is 0 Å². The molecule has 116 valence electrons. The highest BCUT2D eigenvalue weighted by atomic mass is 35.5. The van der Waals surface area contributed by atoms with Gasteiger partial charge in [0.05, 0.1) is 5.69 Å². The van der Waals surface area contributed by atoms with Crippen molar-refractivity contribution >= 4 is 41.6 Å². The van der Waals surface area contributed by atoms with Crippen LogP contribution in [0.3, 0.4) is 0 Å². The van der Waals surface area contributed by atoms with E-state index in [0.29, 0.717) is 22.7 Å². The summed E-state index contributed by atoms with van der Waals surface area (Å²) in [6.07, 6.45) is 3.50. The van der Waals surface area contributed by atoms with Crippen molar-refractivity contribution in [3.8, 4) is 0 Å². The van der Waals surface area contributed by atoms with E-state index in [1.165, 1.54) is 6.42 Å². The molecule has 1 fully saturated rings. The van der Waals surface area contributed by atoms with Crippen molar-refractivity contribution < 1.29 is 0 Å². The summed E-state index contributed by atoms with van der Waals surface area (Å²) in [4.78, 5) is 10.5. The number of halogens is 2. The Morgan fingerprint density at radius 2 is 1.90 bits per heavy atom.